The number of amides is 1. The summed E-state index contributed by atoms with van der Waals surface area (Å²) in [6.07, 6.45) is 6.44. The van der Waals surface area contributed by atoms with Crippen molar-refractivity contribution in [1.82, 2.24) is 4.90 Å². The number of ether oxygens (including phenoxy) is 2. The minimum absolute atomic E-state index is 0.0503. The summed E-state index contributed by atoms with van der Waals surface area (Å²) in [7, 11) is 0. The van der Waals surface area contributed by atoms with E-state index in [9.17, 15) is 4.79 Å². The number of rotatable bonds is 9. The summed E-state index contributed by atoms with van der Waals surface area (Å²) in [5.74, 6) is 1.53. The van der Waals surface area contributed by atoms with Crippen molar-refractivity contribution in [1.29, 1.82) is 0 Å². The highest BCUT2D eigenvalue weighted by atomic mass is 35.5. The summed E-state index contributed by atoms with van der Waals surface area (Å²) >= 11 is 14.3. The van der Waals surface area contributed by atoms with E-state index in [1.54, 1.807) is 11.8 Å². The van der Waals surface area contributed by atoms with E-state index < -0.39 is 0 Å². The molecule has 3 aromatic carbocycles. The van der Waals surface area contributed by atoms with Crippen molar-refractivity contribution in [3.05, 3.63) is 92.8 Å². The van der Waals surface area contributed by atoms with Crippen molar-refractivity contribution in [3.63, 3.8) is 0 Å². The van der Waals surface area contributed by atoms with E-state index in [0.717, 1.165) is 36.1 Å². The zero-order valence-electron chi connectivity index (χ0n) is 22.7. The van der Waals surface area contributed by atoms with E-state index in [0.29, 0.717) is 45.6 Å². The summed E-state index contributed by atoms with van der Waals surface area (Å²) in [4.78, 5) is 16.6. The predicted molar refractivity (Wildman–Crippen MR) is 166 cm³/mol. The fraction of sp³-hybridized carbons (Fsp3) is 0.344. The first-order chi connectivity index (χ1) is 19.4. The molecule has 40 heavy (non-hydrogen) atoms. The van der Waals surface area contributed by atoms with Crippen LogP contribution in [0.1, 0.15) is 50.7 Å². The lowest BCUT2D eigenvalue weighted by molar-refractivity contribution is -0.129. The third-order valence-corrected chi connectivity index (χ3v) is 9.00. The lowest BCUT2D eigenvalue weighted by Gasteiger charge is -2.39. The monoisotopic (exact) mass is 596 g/mol. The molecule has 0 aromatic heterocycles. The molecule has 2 fully saturated rings. The van der Waals surface area contributed by atoms with E-state index >= 15 is 0 Å². The summed E-state index contributed by atoms with van der Waals surface area (Å²) in [5.41, 5.74) is 2.57. The van der Waals surface area contributed by atoms with Gasteiger partial charge in [-0.05, 0) is 79.3 Å². The largest absolute Gasteiger partial charge is 0.490 e. The van der Waals surface area contributed by atoms with Crippen LogP contribution in [0.15, 0.2) is 71.6 Å². The fourth-order valence-electron chi connectivity index (χ4n) is 5.33. The molecule has 210 valence electrons. The van der Waals surface area contributed by atoms with Crippen LogP contribution >= 0.6 is 35.0 Å². The van der Waals surface area contributed by atoms with Gasteiger partial charge in [0.15, 0.2) is 17.0 Å². The second kappa shape index (κ2) is 13.2. The molecular formula is C32H34Cl2N2O3S. The Kier molecular flexibility index (Phi) is 9.51. The van der Waals surface area contributed by atoms with Crippen LogP contribution in [0.5, 0.6) is 11.5 Å². The molecule has 1 aliphatic carbocycles. The van der Waals surface area contributed by atoms with E-state index in [1.165, 1.54) is 6.42 Å². The van der Waals surface area contributed by atoms with Crippen molar-refractivity contribution < 1.29 is 14.3 Å². The normalized spacial score (nSPS) is 22.0. The van der Waals surface area contributed by atoms with Crippen molar-refractivity contribution in [3.8, 4) is 11.5 Å². The topological polar surface area (TPSA) is 50.8 Å². The van der Waals surface area contributed by atoms with Gasteiger partial charge in [0.1, 0.15) is 6.61 Å². The number of carbonyl (C=O) groups is 1. The van der Waals surface area contributed by atoms with Crippen LogP contribution in [0.4, 0.5) is 5.69 Å². The minimum atomic E-state index is -0.185. The molecule has 1 N–H and O–H groups in total. The SMILES string of the molecule is CCOc1cc(/C=C2\SC(Nc3ccccc3)N([C@H]3CCCC[C@@H]3C)C2=O)cc(Cl)c1OCc1ccc(Cl)cc1. The molecular weight excluding hydrogens is 563 g/mol. The van der Waals surface area contributed by atoms with Crippen LogP contribution in [0.2, 0.25) is 10.0 Å². The molecule has 0 bridgehead atoms. The van der Waals surface area contributed by atoms with Gasteiger partial charge in [0.25, 0.3) is 5.91 Å². The number of hydrogen-bond donors (Lipinski definition) is 1. The van der Waals surface area contributed by atoms with E-state index in [4.69, 9.17) is 32.7 Å². The summed E-state index contributed by atoms with van der Waals surface area (Å²) in [5, 5.41) is 4.69. The Morgan fingerprint density at radius 1 is 1.02 bits per heavy atom. The van der Waals surface area contributed by atoms with E-state index in [2.05, 4.69) is 17.1 Å². The number of nitrogens with one attached hydrogen (secondary N) is 1. The van der Waals surface area contributed by atoms with Crippen molar-refractivity contribution in [2.75, 3.05) is 11.9 Å². The van der Waals surface area contributed by atoms with Gasteiger partial charge in [0.2, 0.25) is 0 Å². The van der Waals surface area contributed by atoms with Crippen molar-refractivity contribution in [2.24, 2.45) is 5.92 Å². The van der Waals surface area contributed by atoms with Crippen LogP contribution in [0, 0.1) is 5.92 Å². The molecule has 1 heterocycles. The predicted octanol–water partition coefficient (Wildman–Crippen LogP) is 8.86. The molecule has 8 heteroatoms. The maximum atomic E-state index is 13.9. The lowest BCUT2D eigenvalue weighted by atomic mass is 9.85. The molecule has 3 atom stereocenters. The molecule has 0 radical (unpaired) electrons. The van der Waals surface area contributed by atoms with E-state index in [1.807, 2.05) is 79.7 Å². The summed E-state index contributed by atoms with van der Waals surface area (Å²) in [6, 6.07) is 21.5. The van der Waals surface area contributed by atoms with Crippen molar-refractivity contribution >= 4 is 52.6 Å². The Morgan fingerprint density at radius 2 is 1.77 bits per heavy atom. The molecule has 1 saturated heterocycles. The molecule has 1 saturated carbocycles. The van der Waals surface area contributed by atoms with Crippen LogP contribution < -0.4 is 14.8 Å². The van der Waals surface area contributed by atoms with Crippen molar-refractivity contribution in [2.45, 2.75) is 57.7 Å². The maximum absolute atomic E-state index is 13.9. The van der Waals surface area contributed by atoms with Gasteiger partial charge in [-0.1, -0.05) is 85.1 Å². The first kappa shape index (κ1) is 28.7. The zero-order valence-corrected chi connectivity index (χ0v) is 25.1. The quantitative estimate of drug-likeness (QED) is 0.250. The number of carbonyl (C=O) groups excluding carboxylic acids is 1. The molecule has 5 rings (SSSR count). The number of para-hydroxylation sites is 1. The number of halogens is 2. The first-order valence-electron chi connectivity index (χ1n) is 13.8. The Hall–Kier alpha value is -2.80. The van der Waals surface area contributed by atoms with Gasteiger partial charge in [-0.2, -0.15) is 0 Å². The van der Waals surface area contributed by atoms with Crippen LogP contribution in [-0.4, -0.2) is 29.0 Å². The van der Waals surface area contributed by atoms with E-state index in [-0.39, 0.29) is 17.4 Å². The summed E-state index contributed by atoms with van der Waals surface area (Å²) in [6.45, 7) is 4.96. The molecule has 3 aromatic rings. The second-order valence-electron chi connectivity index (χ2n) is 10.2. The fourth-order valence-corrected chi connectivity index (χ4v) is 6.94. The molecule has 0 spiro atoms. The third kappa shape index (κ3) is 6.73. The van der Waals surface area contributed by atoms with Gasteiger partial charge in [-0.3, -0.25) is 4.79 Å². The molecule has 2 aliphatic rings. The lowest BCUT2D eigenvalue weighted by Crippen LogP contribution is -2.48. The number of anilines is 1. The highest BCUT2D eigenvalue weighted by Gasteiger charge is 2.43. The highest BCUT2D eigenvalue weighted by molar-refractivity contribution is 8.05. The number of nitrogens with zero attached hydrogens (tertiary/aromatic N) is 1. The smallest absolute Gasteiger partial charge is 0.262 e. The molecule has 1 amide bonds. The van der Waals surface area contributed by atoms with Gasteiger partial charge < -0.3 is 19.7 Å². The number of hydrogen-bond acceptors (Lipinski definition) is 5. The maximum Gasteiger partial charge on any atom is 0.262 e. The van der Waals surface area contributed by atoms with Gasteiger partial charge in [-0.25, -0.2) is 0 Å². The average molecular weight is 598 g/mol. The Morgan fingerprint density at radius 3 is 2.50 bits per heavy atom. The highest BCUT2D eigenvalue weighted by Crippen LogP contribution is 2.44. The van der Waals surface area contributed by atoms with Gasteiger partial charge in [0.05, 0.1) is 16.5 Å². The minimum Gasteiger partial charge on any atom is -0.490 e. The van der Waals surface area contributed by atoms with Crippen LogP contribution in [-0.2, 0) is 11.4 Å². The van der Waals surface area contributed by atoms with Crippen LogP contribution in [0.3, 0.4) is 0 Å². The van der Waals surface area contributed by atoms with Crippen LogP contribution in [0.25, 0.3) is 6.08 Å². The van der Waals surface area contributed by atoms with Gasteiger partial charge in [0, 0.05) is 16.8 Å². The molecule has 5 nitrogen and oxygen atoms in total. The Bertz CT molecular complexity index is 1350. The molecule has 1 aliphatic heterocycles. The third-order valence-electron chi connectivity index (χ3n) is 7.35. The average Bonchev–Trinajstić information content (AvgIpc) is 3.24. The van der Waals surface area contributed by atoms with Gasteiger partial charge >= 0.3 is 0 Å². The zero-order chi connectivity index (χ0) is 28.1. The number of thioether (sulfide) groups is 1. The molecule has 1 unspecified atom stereocenters. The first-order valence-corrected chi connectivity index (χ1v) is 15.4. The second-order valence-corrected chi connectivity index (χ2v) is 12.2. The number of benzene rings is 3. The summed E-state index contributed by atoms with van der Waals surface area (Å²) < 4.78 is 12.0. The van der Waals surface area contributed by atoms with Gasteiger partial charge in [-0.15, -0.1) is 0 Å². The Balaban J connectivity index is 1.42. The Labute approximate surface area is 250 Å². The standard InChI is InChI=1S/C32H34Cl2N2O3S/c1-3-38-28-18-23(17-26(34)30(28)39-20-22-13-15-24(33)16-14-22)19-29-31(37)36(27-12-8-7-9-21(27)2)32(40-29)35-25-10-5-4-6-11-25/h4-6,10-11,13-19,21,27,32,35H,3,7-9,12,20H2,1-2H3/b29-19-/t21-,27-,32?/m0/s1.